The van der Waals surface area contributed by atoms with Gasteiger partial charge in [0.1, 0.15) is 5.71 Å². The van der Waals surface area contributed by atoms with Crippen molar-refractivity contribution in [3.63, 3.8) is 0 Å². The van der Waals surface area contributed by atoms with Crippen LogP contribution in [0.4, 0.5) is 0 Å². The van der Waals surface area contributed by atoms with Crippen molar-refractivity contribution < 1.29 is 9.53 Å². The topological polar surface area (TPSA) is 54.3 Å². The van der Waals surface area contributed by atoms with E-state index in [4.69, 9.17) is 4.74 Å². The molecular weight excluding hydrogens is 410 g/mol. The molecule has 0 saturated carbocycles. The minimum Gasteiger partial charge on any atom is -0.377 e. The summed E-state index contributed by atoms with van der Waals surface area (Å²) in [6.07, 6.45) is 4.89. The van der Waals surface area contributed by atoms with Crippen LogP contribution < -0.4 is 0 Å². The van der Waals surface area contributed by atoms with Crippen molar-refractivity contribution in [1.82, 2.24) is 4.90 Å². The molecule has 5 heteroatoms. The first-order valence-corrected chi connectivity index (χ1v) is 12.0. The lowest BCUT2D eigenvalue weighted by Gasteiger charge is -2.42. The third kappa shape index (κ3) is 5.03. The Balaban J connectivity index is 2.07. The fourth-order valence-electron chi connectivity index (χ4n) is 4.99. The lowest BCUT2D eigenvalue weighted by atomic mass is 9.80. The van der Waals surface area contributed by atoms with Crippen molar-refractivity contribution in [2.24, 2.45) is 9.98 Å². The van der Waals surface area contributed by atoms with Gasteiger partial charge < -0.3 is 9.64 Å². The van der Waals surface area contributed by atoms with Gasteiger partial charge in [0.2, 0.25) is 0 Å². The Labute approximate surface area is 199 Å². The molecule has 1 heterocycles. The Morgan fingerprint density at radius 1 is 1.18 bits per heavy atom. The summed E-state index contributed by atoms with van der Waals surface area (Å²) >= 11 is 0. The van der Waals surface area contributed by atoms with Crippen LogP contribution in [0.1, 0.15) is 70.2 Å². The molecule has 3 rings (SSSR count). The van der Waals surface area contributed by atoms with E-state index < -0.39 is 0 Å². The standard InChI is InChI=1S/C28H39N3O2/c1-9-21-15-22-10-11-23(20(4)25(22)16-24(21)18(2)14-19(3)29-7)26(30-8)27(32)31-12-13-33-17-28(31,5)6/h14-16H,9-13,17H2,1-8H3/b18-14+,29-19?,30-26?. The van der Waals surface area contributed by atoms with Gasteiger partial charge in [-0.05, 0) is 105 Å². The maximum Gasteiger partial charge on any atom is 0.272 e. The van der Waals surface area contributed by atoms with Crippen LogP contribution in [-0.4, -0.2) is 61.6 Å². The molecule has 1 amide bonds. The third-order valence-corrected chi connectivity index (χ3v) is 7.02. The van der Waals surface area contributed by atoms with Crippen LogP contribution in [-0.2, 0) is 22.4 Å². The smallest absolute Gasteiger partial charge is 0.272 e. The molecule has 0 radical (unpaired) electrons. The van der Waals surface area contributed by atoms with E-state index in [-0.39, 0.29) is 11.4 Å². The van der Waals surface area contributed by atoms with Crippen LogP contribution in [0.5, 0.6) is 0 Å². The van der Waals surface area contributed by atoms with Gasteiger partial charge in [-0.3, -0.25) is 14.8 Å². The van der Waals surface area contributed by atoms with Gasteiger partial charge in [-0.25, -0.2) is 0 Å². The number of nitrogens with zero attached hydrogens (tertiary/aromatic N) is 3. The van der Waals surface area contributed by atoms with Crippen LogP contribution in [0.15, 0.2) is 33.8 Å². The molecule has 0 spiro atoms. The number of aliphatic imine (C=N–C) groups is 2. The Bertz CT molecular complexity index is 1060. The highest BCUT2D eigenvalue weighted by Crippen LogP contribution is 2.36. The number of rotatable bonds is 5. The summed E-state index contributed by atoms with van der Waals surface area (Å²) in [5.41, 5.74) is 9.93. The summed E-state index contributed by atoms with van der Waals surface area (Å²) < 4.78 is 5.62. The Morgan fingerprint density at radius 3 is 2.52 bits per heavy atom. The number of morpholine rings is 1. The van der Waals surface area contributed by atoms with Gasteiger partial charge in [-0.2, -0.15) is 0 Å². The fraction of sp³-hybridized carbons (Fsp3) is 0.536. The second-order valence-electron chi connectivity index (χ2n) is 9.71. The zero-order valence-electron chi connectivity index (χ0n) is 21.6. The van der Waals surface area contributed by atoms with Crippen molar-refractivity contribution in [3.8, 4) is 0 Å². The number of ether oxygens (including phenoxy) is 1. The van der Waals surface area contributed by atoms with Crippen molar-refractivity contribution in [2.75, 3.05) is 33.9 Å². The molecule has 178 valence electrons. The summed E-state index contributed by atoms with van der Waals surface area (Å²) in [6.45, 7) is 14.4. The lowest BCUT2D eigenvalue weighted by molar-refractivity contribution is -0.138. The largest absolute Gasteiger partial charge is 0.377 e. The maximum absolute atomic E-state index is 13.6. The average molecular weight is 450 g/mol. The quantitative estimate of drug-likeness (QED) is 0.582. The molecule has 1 aromatic rings. The summed E-state index contributed by atoms with van der Waals surface area (Å²) in [5, 5.41) is 0. The van der Waals surface area contributed by atoms with Gasteiger partial charge in [0.25, 0.3) is 5.91 Å². The van der Waals surface area contributed by atoms with E-state index in [9.17, 15) is 4.79 Å². The number of hydrogen-bond acceptors (Lipinski definition) is 4. The van der Waals surface area contributed by atoms with Gasteiger partial charge in [0.15, 0.2) is 0 Å². The number of carbonyl (C=O) groups is 1. The third-order valence-electron chi connectivity index (χ3n) is 7.02. The SMILES string of the molecule is CCc1cc2c(cc1/C(C)=C/C(C)=NC)C(C)=C(C(=NC)C(=O)N1CCOCC1(C)C)CC2. The molecule has 0 N–H and O–H groups in total. The van der Waals surface area contributed by atoms with E-state index in [1.165, 1.54) is 27.8 Å². The first kappa shape index (κ1) is 25.1. The minimum atomic E-state index is -0.337. The molecule has 1 aliphatic carbocycles. The molecule has 0 bridgehead atoms. The van der Waals surface area contributed by atoms with Crippen molar-refractivity contribution in [1.29, 1.82) is 0 Å². The average Bonchev–Trinajstić information content (AvgIpc) is 2.79. The van der Waals surface area contributed by atoms with Crippen molar-refractivity contribution in [2.45, 2.75) is 66.3 Å². The van der Waals surface area contributed by atoms with E-state index in [0.29, 0.717) is 25.5 Å². The van der Waals surface area contributed by atoms with Gasteiger partial charge in [0.05, 0.1) is 18.8 Å². The van der Waals surface area contributed by atoms with E-state index in [0.717, 1.165) is 36.1 Å². The van der Waals surface area contributed by atoms with Gasteiger partial charge in [0, 0.05) is 26.4 Å². The fourth-order valence-corrected chi connectivity index (χ4v) is 4.99. The Morgan fingerprint density at radius 2 is 1.91 bits per heavy atom. The van der Waals surface area contributed by atoms with E-state index in [2.05, 4.69) is 62.8 Å². The molecule has 1 fully saturated rings. The Hall–Kier alpha value is -2.53. The summed E-state index contributed by atoms with van der Waals surface area (Å²) in [5.74, 6) is 0.0138. The van der Waals surface area contributed by atoms with Crippen LogP contribution >= 0.6 is 0 Å². The number of aryl methyl sites for hydroxylation is 2. The van der Waals surface area contributed by atoms with Crippen molar-refractivity contribution in [3.05, 3.63) is 46.0 Å². The molecule has 0 atom stereocenters. The number of carbonyl (C=O) groups excluding carboxylic acids is 1. The molecule has 1 saturated heterocycles. The number of amides is 1. The molecule has 1 aliphatic heterocycles. The van der Waals surface area contributed by atoms with Crippen LogP contribution in [0.2, 0.25) is 0 Å². The molecule has 0 unspecified atom stereocenters. The molecule has 0 aromatic heterocycles. The maximum atomic E-state index is 13.6. The first-order chi connectivity index (χ1) is 15.6. The second-order valence-corrected chi connectivity index (χ2v) is 9.71. The molecule has 5 nitrogen and oxygen atoms in total. The second kappa shape index (κ2) is 10.2. The molecule has 33 heavy (non-hydrogen) atoms. The van der Waals surface area contributed by atoms with Crippen LogP contribution in [0.25, 0.3) is 11.1 Å². The monoisotopic (exact) mass is 449 g/mol. The predicted octanol–water partition coefficient (Wildman–Crippen LogP) is 5.17. The summed E-state index contributed by atoms with van der Waals surface area (Å²) in [4.78, 5) is 24.4. The van der Waals surface area contributed by atoms with Crippen LogP contribution in [0, 0.1) is 0 Å². The Kier molecular flexibility index (Phi) is 7.73. The van der Waals surface area contributed by atoms with E-state index in [1.54, 1.807) is 7.05 Å². The van der Waals surface area contributed by atoms with Gasteiger partial charge in [-0.1, -0.05) is 13.0 Å². The first-order valence-electron chi connectivity index (χ1n) is 12.0. The highest BCUT2D eigenvalue weighted by atomic mass is 16.5. The van der Waals surface area contributed by atoms with E-state index >= 15 is 0 Å². The summed E-state index contributed by atoms with van der Waals surface area (Å²) in [6, 6.07) is 4.67. The normalized spacial score (nSPS) is 19.6. The highest BCUT2D eigenvalue weighted by molar-refractivity contribution is 6.46. The lowest BCUT2D eigenvalue weighted by Crippen LogP contribution is -2.57. The van der Waals surface area contributed by atoms with Gasteiger partial charge in [-0.15, -0.1) is 0 Å². The zero-order chi connectivity index (χ0) is 24.3. The van der Waals surface area contributed by atoms with Gasteiger partial charge >= 0.3 is 0 Å². The molecule has 2 aliphatic rings. The van der Waals surface area contributed by atoms with E-state index in [1.807, 2.05) is 18.9 Å². The summed E-state index contributed by atoms with van der Waals surface area (Å²) in [7, 11) is 3.56. The van der Waals surface area contributed by atoms with Crippen LogP contribution in [0.3, 0.4) is 0 Å². The highest BCUT2D eigenvalue weighted by Gasteiger charge is 2.37. The zero-order valence-corrected chi connectivity index (χ0v) is 21.6. The molecule has 1 aromatic carbocycles. The molecular formula is C28H39N3O2. The van der Waals surface area contributed by atoms with Crippen molar-refractivity contribution >= 4 is 28.5 Å². The predicted molar refractivity (Wildman–Crippen MR) is 139 cm³/mol. The number of benzene rings is 1. The number of hydrogen-bond donors (Lipinski definition) is 0. The number of allylic oxidation sites excluding steroid dienone is 3. The minimum absolute atomic E-state index is 0.0138. The number of fused-ring (bicyclic) bond motifs is 1.